The first kappa shape index (κ1) is 14.3. The molecule has 0 aliphatic heterocycles. The predicted octanol–water partition coefficient (Wildman–Crippen LogP) is 3.91. The monoisotopic (exact) mass is 304 g/mol. The van der Waals surface area contributed by atoms with Crippen LogP contribution in [0.25, 0.3) is 0 Å². The highest BCUT2D eigenvalue weighted by atomic mass is 79.9. The molecule has 0 aromatic heterocycles. The fourth-order valence-electron chi connectivity index (χ4n) is 1.74. The molecule has 0 atom stereocenters. The Balaban J connectivity index is 3.25. The Morgan fingerprint density at radius 1 is 1.18 bits per heavy atom. The van der Waals surface area contributed by atoms with Crippen molar-refractivity contribution in [1.82, 2.24) is 0 Å². The molecule has 17 heavy (non-hydrogen) atoms. The molecule has 1 aromatic carbocycles. The first-order chi connectivity index (χ1) is 7.96. The molecule has 0 saturated heterocycles. The van der Waals surface area contributed by atoms with E-state index in [1.165, 1.54) is 13.2 Å². The summed E-state index contributed by atoms with van der Waals surface area (Å²) < 4.78 is 24.3. The van der Waals surface area contributed by atoms with Gasteiger partial charge < -0.3 is 9.47 Å². The highest BCUT2D eigenvalue weighted by molar-refractivity contribution is 9.09. The van der Waals surface area contributed by atoms with Crippen LogP contribution in [0.5, 0.6) is 11.5 Å². The van der Waals surface area contributed by atoms with Gasteiger partial charge in [0.15, 0.2) is 11.5 Å². The number of hydrogen-bond acceptors (Lipinski definition) is 2. The van der Waals surface area contributed by atoms with Gasteiger partial charge in [-0.3, -0.25) is 0 Å². The van der Waals surface area contributed by atoms with Crippen LogP contribution in [0.3, 0.4) is 0 Å². The highest BCUT2D eigenvalue weighted by Gasteiger charge is 2.25. The second kappa shape index (κ2) is 5.71. The third kappa shape index (κ3) is 3.12. The molecular formula is C13H18BrFO2. The fraction of sp³-hybridized carbons (Fsp3) is 0.538. The van der Waals surface area contributed by atoms with E-state index in [9.17, 15) is 4.39 Å². The van der Waals surface area contributed by atoms with Crippen molar-refractivity contribution in [3.63, 3.8) is 0 Å². The molecule has 0 aliphatic carbocycles. The second-order valence-electron chi connectivity index (χ2n) is 4.51. The lowest BCUT2D eigenvalue weighted by Crippen LogP contribution is -2.19. The molecule has 4 heteroatoms. The van der Waals surface area contributed by atoms with Crippen molar-refractivity contribution in [2.45, 2.75) is 25.7 Å². The summed E-state index contributed by atoms with van der Waals surface area (Å²) in [4.78, 5) is 0. The fourth-order valence-corrected chi connectivity index (χ4v) is 2.73. The summed E-state index contributed by atoms with van der Waals surface area (Å²) in [6, 6.07) is 3.10. The standard InChI is InChI=1S/C13H18BrFO2/c1-13(2,5-6-14)9-7-11(16-3)12(17-4)8-10(9)15/h7-8H,5-6H2,1-4H3. The van der Waals surface area contributed by atoms with Crippen molar-refractivity contribution in [2.75, 3.05) is 19.5 Å². The van der Waals surface area contributed by atoms with E-state index in [-0.39, 0.29) is 11.2 Å². The van der Waals surface area contributed by atoms with Crippen molar-refractivity contribution in [3.05, 3.63) is 23.5 Å². The van der Waals surface area contributed by atoms with E-state index >= 15 is 0 Å². The maximum Gasteiger partial charge on any atom is 0.163 e. The van der Waals surface area contributed by atoms with Gasteiger partial charge in [0.05, 0.1) is 14.2 Å². The summed E-state index contributed by atoms with van der Waals surface area (Å²) in [6.45, 7) is 4.02. The molecule has 0 radical (unpaired) electrons. The summed E-state index contributed by atoms with van der Waals surface area (Å²) in [7, 11) is 3.05. The molecule has 0 aliphatic rings. The maximum absolute atomic E-state index is 14.0. The summed E-state index contributed by atoms with van der Waals surface area (Å²) in [6.07, 6.45) is 0.847. The topological polar surface area (TPSA) is 18.5 Å². The van der Waals surface area contributed by atoms with Gasteiger partial charge in [-0.05, 0) is 23.5 Å². The van der Waals surface area contributed by atoms with E-state index in [4.69, 9.17) is 9.47 Å². The van der Waals surface area contributed by atoms with Crippen molar-refractivity contribution in [1.29, 1.82) is 0 Å². The Labute approximate surface area is 110 Å². The number of rotatable bonds is 5. The van der Waals surface area contributed by atoms with Crippen molar-refractivity contribution < 1.29 is 13.9 Å². The number of methoxy groups -OCH3 is 2. The number of benzene rings is 1. The first-order valence-corrected chi connectivity index (χ1v) is 6.56. The van der Waals surface area contributed by atoms with Gasteiger partial charge in [-0.2, -0.15) is 0 Å². The first-order valence-electron chi connectivity index (χ1n) is 5.44. The molecular weight excluding hydrogens is 287 g/mol. The molecule has 1 aromatic rings. The quantitative estimate of drug-likeness (QED) is 0.768. The van der Waals surface area contributed by atoms with Crippen molar-refractivity contribution in [2.24, 2.45) is 0 Å². The summed E-state index contributed by atoms with van der Waals surface area (Å²) in [5.41, 5.74) is 0.405. The molecule has 0 heterocycles. The van der Waals surface area contributed by atoms with E-state index in [0.717, 1.165) is 11.8 Å². The lowest BCUT2D eigenvalue weighted by Gasteiger charge is -2.25. The minimum Gasteiger partial charge on any atom is -0.493 e. The highest BCUT2D eigenvalue weighted by Crippen LogP contribution is 2.37. The van der Waals surface area contributed by atoms with Crippen LogP contribution in [0.4, 0.5) is 4.39 Å². The molecule has 0 amide bonds. The Kier molecular flexibility index (Phi) is 4.80. The zero-order chi connectivity index (χ0) is 13.1. The lowest BCUT2D eigenvalue weighted by molar-refractivity contribution is 0.348. The molecule has 2 nitrogen and oxygen atoms in total. The number of halogens is 2. The summed E-state index contributed by atoms with van der Waals surface area (Å²) in [5, 5.41) is 0.827. The maximum atomic E-state index is 14.0. The normalized spacial score (nSPS) is 11.4. The molecule has 1 rings (SSSR count). The van der Waals surface area contributed by atoms with E-state index in [0.29, 0.717) is 17.1 Å². The Morgan fingerprint density at radius 3 is 2.18 bits per heavy atom. The van der Waals surface area contributed by atoms with Gasteiger partial charge in [-0.15, -0.1) is 0 Å². The van der Waals surface area contributed by atoms with Gasteiger partial charge in [-0.1, -0.05) is 29.8 Å². The van der Waals surface area contributed by atoms with Crippen LogP contribution in [-0.4, -0.2) is 19.5 Å². The lowest BCUT2D eigenvalue weighted by atomic mass is 9.82. The average molecular weight is 305 g/mol. The van der Waals surface area contributed by atoms with Gasteiger partial charge in [0.2, 0.25) is 0 Å². The average Bonchev–Trinajstić information content (AvgIpc) is 2.28. The predicted molar refractivity (Wildman–Crippen MR) is 70.9 cm³/mol. The second-order valence-corrected chi connectivity index (χ2v) is 5.30. The Bertz CT molecular complexity index is 391. The number of ether oxygens (including phenoxy) is 2. The van der Waals surface area contributed by atoms with E-state index in [2.05, 4.69) is 15.9 Å². The van der Waals surface area contributed by atoms with Crippen LogP contribution in [0.2, 0.25) is 0 Å². The molecule has 0 unspecified atom stereocenters. The molecule has 0 fully saturated rings. The largest absolute Gasteiger partial charge is 0.493 e. The molecule has 0 saturated carbocycles. The van der Waals surface area contributed by atoms with Crippen LogP contribution in [0.15, 0.2) is 12.1 Å². The Hall–Kier alpha value is -0.770. The van der Waals surface area contributed by atoms with Crippen molar-refractivity contribution in [3.8, 4) is 11.5 Å². The SMILES string of the molecule is COc1cc(F)c(C(C)(C)CCBr)cc1OC. The van der Waals surface area contributed by atoms with Gasteiger partial charge in [0, 0.05) is 11.4 Å². The van der Waals surface area contributed by atoms with E-state index in [1.54, 1.807) is 13.2 Å². The summed E-state index contributed by atoms with van der Waals surface area (Å²) in [5.74, 6) is 0.725. The van der Waals surface area contributed by atoms with Crippen LogP contribution < -0.4 is 9.47 Å². The third-order valence-electron chi connectivity index (χ3n) is 2.92. The molecule has 96 valence electrons. The molecule has 0 spiro atoms. The minimum atomic E-state index is -0.256. The smallest absolute Gasteiger partial charge is 0.163 e. The van der Waals surface area contributed by atoms with Crippen LogP contribution >= 0.6 is 15.9 Å². The number of alkyl halides is 1. The summed E-state index contributed by atoms with van der Waals surface area (Å²) >= 11 is 3.39. The minimum absolute atomic E-state index is 0.243. The van der Waals surface area contributed by atoms with Crippen LogP contribution in [0.1, 0.15) is 25.8 Å². The van der Waals surface area contributed by atoms with Gasteiger partial charge in [-0.25, -0.2) is 4.39 Å². The van der Waals surface area contributed by atoms with Gasteiger partial charge in [0.25, 0.3) is 0 Å². The van der Waals surface area contributed by atoms with Crippen molar-refractivity contribution >= 4 is 15.9 Å². The zero-order valence-electron chi connectivity index (χ0n) is 10.6. The third-order valence-corrected chi connectivity index (χ3v) is 3.32. The van der Waals surface area contributed by atoms with Gasteiger partial charge in [0.1, 0.15) is 5.82 Å². The van der Waals surface area contributed by atoms with E-state index < -0.39 is 0 Å². The molecule has 0 bridgehead atoms. The Morgan fingerprint density at radius 2 is 1.71 bits per heavy atom. The van der Waals surface area contributed by atoms with Crippen LogP contribution in [-0.2, 0) is 5.41 Å². The number of hydrogen-bond donors (Lipinski definition) is 0. The van der Waals surface area contributed by atoms with E-state index in [1.807, 2.05) is 13.8 Å². The zero-order valence-corrected chi connectivity index (χ0v) is 12.2. The molecule has 0 N–H and O–H groups in total. The van der Waals surface area contributed by atoms with Crippen LogP contribution in [0, 0.1) is 5.82 Å². The van der Waals surface area contributed by atoms with Gasteiger partial charge >= 0.3 is 0 Å².